The number of carbonyl (C=O) groups excluding carboxylic acids is 1. The van der Waals surface area contributed by atoms with Crippen LogP contribution in [0.3, 0.4) is 0 Å². The number of carbonyl (C=O) groups is 2. The normalized spacial score (nSPS) is 12.2. The van der Waals surface area contributed by atoms with Crippen LogP contribution >= 0.6 is 0 Å². The standard InChI is InChI=1S/C13H22O7/c1-6-8-12(2,3)20-17-9-7-10(14)18-13(4,5)19-11(15)16/h7,9H,6,8H2,1-5H3,(H,15,16). The second-order valence-corrected chi connectivity index (χ2v) is 5.18. The number of hydrogen-bond acceptors (Lipinski definition) is 6. The van der Waals surface area contributed by atoms with E-state index in [-0.39, 0.29) is 0 Å². The third-order valence-corrected chi connectivity index (χ3v) is 2.06. The third-order valence-electron chi connectivity index (χ3n) is 2.06. The maximum absolute atomic E-state index is 11.4. The first-order valence-electron chi connectivity index (χ1n) is 6.24. The molecule has 0 aromatic rings. The summed E-state index contributed by atoms with van der Waals surface area (Å²) in [5, 5.41) is 8.44. The summed E-state index contributed by atoms with van der Waals surface area (Å²) < 4.78 is 9.13. The molecule has 0 aliphatic heterocycles. The third kappa shape index (κ3) is 9.21. The van der Waals surface area contributed by atoms with E-state index in [1.165, 1.54) is 13.8 Å². The fourth-order valence-corrected chi connectivity index (χ4v) is 1.39. The van der Waals surface area contributed by atoms with Crippen molar-refractivity contribution in [2.24, 2.45) is 0 Å². The lowest BCUT2D eigenvalue weighted by atomic mass is 10.0. The van der Waals surface area contributed by atoms with Crippen molar-refractivity contribution in [3.8, 4) is 0 Å². The van der Waals surface area contributed by atoms with Gasteiger partial charge in [-0.1, -0.05) is 13.3 Å². The molecule has 20 heavy (non-hydrogen) atoms. The van der Waals surface area contributed by atoms with Gasteiger partial charge < -0.3 is 19.5 Å². The van der Waals surface area contributed by atoms with Crippen LogP contribution in [-0.4, -0.2) is 28.6 Å². The highest BCUT2D eigenvalue weighted by molar-refractivity contribution is 5.82. The largest absolute Gasteiger partial charge is 0.509 e. The van der Waals surface area contributed by atoms with E-state index in [0.29, 0.717) is 0 Å². The molecule has 0 saturated carbocycles. The zero-order valence-corrected chi connectivity index (χ0v) is 12.5. The van der Waals surface area contributed by atoms with Gasteiger partial charge in [0.1, 0.15) is 11.9 Å². The molecule has 0 rings (SSSR count). The molecular weight excluding hydrogens is 268 g/mol. The van der Waals surface area contributed by atoms with Gasteiger partial charge in [-0.05, 0) is 20.3 Å². The first kappa shape index (κ1) is 18.2. The molecule has 0 aliphatic rings. The SMILES string of the molecule is CCCC(C)(C)OOC=CC(=O)OC(C)(C)OC(=O)O. The maximum Gasteiger partial charge on any atom is 0.509 e. The number of ether oxygens (including phenoxy) is 2. The first-order chi connectivity index (χ1) is 9.08. The summed E-state index contributed by atoms with van der Waals surface area (Å²) in [5.74, 6) is -2.39. The van der Waals surface area contributed by atoms with Crippen LogP contribution in [0.25, 0.3) is 0 Å². The van der Waals surface area contributed by atoms with E-state index in [9.17, 15) is 9.59 Å². The monoisotopic (exact) mass is 290 g/mol. The van der Waals surface area contributed by atoms with Gasteiger partial charge in [-0.25, -0.2) is 9.59 Å². The van der Waals surface area contributed by atoms with E-state index in [2.05, 4.69) is 4.74 Å². The highest BCUT2D eigenvalue weighted by atomic mass is 17.2. The molecule has 1 N–H and O–H groups in total. The highest BCUT2D eigenvalue weighted by Gasteiger charge is 2.26. The van der Waals surface area contributed by atoms with Gasteiger partial charge in [0.2, 0.25) is 0 Å². The van der Waals surface area contributed by atoms with E-state index in [0.717, 1.165) is 25.2 Å². The van der Waals surface area contributed by atoms with Crippen molar-refractivity contribution >= 4 is 12.1 Å². The van der Waals surface area contributed by atoms with Crippen molar-refractivity contribution in [3.05, 3.63) is 12.3 Å². The van der Waals surface area contributed by atoms with Crippen molar-refractivity contribution in [3.63, 3.8) is 0 Å². The van der Waals surface area contributed by atoms with E-state index in [1.54, 1.807) is 0 Å². The molecule has 0 fully saturated rings. The Morgan fingerprint density at radius 3 is 2.25 bits per heavy atom. The minimum absolute atomic E-state index is 0.464. The fourth-order valence-electron chi connectivity index (χ4n) is 1.39. The number of carboxylic acid groups (broad SMARTS) is 1. The molecule has 0 bridgehead atoms. The van der Waals surface area contributed by atoms with Gasteiger partial charge in [-0.3, -0.25) is 0 Å². The summed E-state index contributed by atoms with van der Waals surface area (Å²) in [4.78, 5) is 31.6. The van der Waals surface area contributed by atoms with Gasteiger partial charge in [0.15, 0.2) is 0 Å². The van der Waals surface area contributed by atoms with Crippen molar-refractivity contribution in [1.82, 2.24) is 0 Å². The second-order valence-electron chi connectivity index (χ2n) is 5.18. The molecule has 0 heterocycles. The molecule has 0 aromatic carbocycles. The van der Waals surface area contributed by atoms with E-state index >= 15 is 0 Å². The van der Waals surface area contributed by atoms with E-state index in [4.69, 9.17) is 19.6 Å². The quantitative estimate of drug-likeness (QED) is 0.183. The van der Waals surface area contributed by atoms with E-state index in [1.807, 2.05) is 20.8 Å². The van der Waals surface area contributed by atoms with Gasteiger partial charge >= 0.3 is 12.1 Å². The van der Waals surface area contributed by atoms with Crippen molar-refractivity contribution < 1.29 is 33.9 Å². The van der Waals surface area contributed by atoms with Crippen LogP contribution in [0.2, 0.25) is 0 Å². The minimum atomic E-state index is -1.57. The van der Waals surface area contributed by atoms with Gasteiger partial charge in [-0.2, -0.15) is 4.89 Å². The Kier molecular flexibility index (Phi) is 7.06. The van der Waals surface area contributed by atoms with Crippen LogP contribution in [-0.2, 0) is 24.0 Å². The minimum Gasteiger partial charge on any atom is -0.450 e. The fraction of sp³-hybridized carbons (Fsp3) is 0.692. The predicted molar refractivity (Wildman–Crippen MR) is 69.6 cm³/mol. The molecule has 116 valence electrons. The lowest BCUT2D eigenvalue weighted by Gasteiger charge is -2.22. The summed E-state index contributed by atoms with van der Waals surface area (Å²) >= 11 is 0. The average molecular weight is 290 g/mol. The molecule has 0 radical (unpaired) electrons. The molecule has 0 amide bonds. The van der Waals surface area contributed by atoms with Crippen molar-refractivity contribution in [2.45, 2.75) is 58.8 Å². The van der Waals surface area contributed by atoms with Gasteiger partial charge in [0, 0.05) is 13.8 Å². The first-order valence-corrected chi connectivity index (χ1v) is 6.24. The Bertz CT molecular complexity index is 358. The Morgan fingerprint density at radius 2 is 1.75 bits per heavy atom. The Labute approximate surface area is 118 Å². The van der Waals surface area contributed by atoms with Gasteiger partial charge in [0.05, 0.1) is 6.08 Å². The second kappa shape index (κ2) is 7.74. The maximum atomic E-state index is 11.4. The zero-order chi connectivity index (χ0) is 15.8. The summed E-state index contributed by atoms with van der Waals surface area (Å²) in [7, 11) is 0. The zero-order valence-electron chi connectivity index (χ0n) is 12.5. The van der Waals surface area contributed by atoms with Crippen LogP contribution in [0.15, 0.2) is 12.3 Å². The Balaban J connectivity index is 4.15. The Morgan fingerprint density at radius 1 is 1.15 bits per heavy atom. The van der Waals surface area contributed by atoms with Crippen molar-refractivity contribution in [1.29, 1.82) is 0 Å². The van der Waals surface area contributed by atoms with Gasteiger partial charge in [-0.15, -0.1) is 0 Å². The van der Waals surface area contributed by atoms with Crippen LogP contribution < -0.4 is 0 Å². The summed E-state index contributed by atoms with van der Waals surface area (Å²) in [6, 6.07) is 0. The lowest BCUT2D eigenvalue weighted by molar-refractivity contribution is -0.317. The molecule has 0 spiro atoms. The molecular formula is C13H22O7. The number of hydrogen-bond donors (Lipinski definition) is 1. The number of rotatable bonds is 8. The van der Waals surface area contributed by atoms with E-state index < -0.39 is 23.5 Å². The van der Waals surface area contributed by atoms with Crippen LogP contribution in [0.1, 0.15) is 47.5 Å². The molecule has 0 aromatic heterocycles. The molecule has 0 saturated heterocycles. The van der Waals surface area contributed by atoms with Crippen LogP contribution in [0.5, 0.6) is 0 Å². The summed E-state index contributed by atoms with van der Waals surface area (Å²) in [6.45, 7) is 8.32. The molecule has 0 aliphatic carbocycles. The average Bonchev–Trinajstić information content (AvgIpc) is 2.21. The highest BCUT2D eigenvalue weighted by Crippen LogP contribution is 2.17. The van der Waals surface area contributed by atoms with Gasteiger partial charge in [0.25, 0.3) is 5.79 Å². The molecule has 7 heteroatoms. The molecule has 7 nitrogen and oxygen atoms in total. The smallest absolute Gasteiger partial charge is 0.450 e. The summed E-state index contributed by atoms with van der Waals surface area (Å²) in [5.41, 5.74) is -0.464. The summed E-state index contributed by atoms with van der Waals surface area (Å²) in [6.07, 6.45) is 2.19. The molecule has 0 atom stereocenters. The van der Waals surface area contributed by atoms with Crippen LogP contribution in [0, 0.1) is 0 Å². The topological polar surface area (TPSA) is 91.3 Å². The van der Waals surface area contributed by atoms with Crippen molar-refractivity contribution in [2.75, 3.05) is 0 Å². The predicted octanol–water partition coefficient (Wildman–Crippen LogP) is 3.00. The van der Waals surface area contributed by atoms with Crippen LogP contribution in [0.4, 0.5) is 4.79 Å². The molecule has 0 unspecified atom stereocenters. The lowest BCUT2D eigenvalue weighted by Crippen LogP contribution is -2.32. The number of esters is 1. The Hall–Kier alpha value is -1.76.